The summed E-state index contributed by atoms with van der Waals surface area (Å²) in [5, 5.41) is 7.00. The van der Waals surface area contributed by atoms with Gasteiger partial charge < -0.3 is 15.5 Å². The Hall–Kier alpha value is -2.63. The predicted octanol–water partition coefficient (Wildman–Crippen LogP) is 3.39. The summed E-state index contributed by atoms with van der Waals surface area (Å²) in [5.41, 5.74) is 1.78. The van der Waals surface area contributed by atoms with Crippen LogP contribution >= 0.6 is 0 Å². The molecule has 1 aliphatic carbocycles. The van der Waals surface area contributed by atoms with E-state index in [1.165, 1.54) is 0 Å². The minimum atomic E-state index is -0.105. The van der Waals surface area contributed by atoms with E-state index in [1.807, 2.05) is 25.1 Å². The number of hydrogen-bond acceptors (Lipinski definition) is 3. The van der Waals surface area contributed by atoms with E-state index in [1.54, 1.807) is 19.2 Å². The van der Waals surface area contributed by atoms with E-state index >= 15 is 0 Å². The molecule has 2 fully saturated rings. The second-order valence-electron chi connectivity index (χ2n) is 8.23. The number of rotatable bonds is 5. The molecule has 0 unspecified atom stereocenters. The number of hydrogen-bond donors (Lipinski definition) is 2. The lowest BCUT2D eigenvalue weighted by atomic mass is 9.95. The summed E-state index contributed by atoms with van der Waals surface area (Å²) in [6.07, 6.45) is 4.10. The highest BCUT2D eigenvalue weighted by molar-refractivity contribution is 5.80. The Morgan fingerprint density at radius 2 is 1.93 bits per heavy atom. The minimum Gasteiger partial charge on any atom is -0.356 e. The molecule has 4 rings (SSSR count). The van der Waals surface area contributed by atoms with E-state index in [0.717, 1.165) is 61.8 Å². The van der Waals surface area contributed by atoms with E-state index in [4.69, 9.17) is 0 Å². The molecule has 2 N–H and O–H groups in total. The first-order valence-corrected chi connectivity index (χ1v) is 10.5. The van der Waals surface area contributed by atoms with Crippen molar-refractivity contribution >= 4 is 11.8 Å². The summed E-state index contributed by atoms with van der Waals surface area (Å²) in [7, 11) is 1.80. The van der Waals surface area contributed by atoms with Crippen LogP contribution in [0.5, 0.6) is 0 Å². The first kappa shape index (κ1) is 19.7. The van der Waals surface area contributed by atoms with Crippen molar-refractivity contribution in [3.63, 3.8) is 0 Å². The molecule has 0 spiro atoms. The topological polar surface area (TPSA) is 52.6 Å². The number of aliphatic imine (C=N–C) groups is 1. The van der Waals surface area contributed by atoms with Crippen LogP contribution in [-0.2, 0) is 5.41 Å². The standard InChI is InChI=1S/C23H30FN5/c1-17-6-5-9-21(27-17)29-14-10-18(11-15-29)28-22(25-2)26-16-23(12-13-23)19-7-3-4-8-20(19)24/h3-9,18H,10-16H2,1-2H3,(H2,25,26,28). The van der Waals surface area contributed by atoms with Gasteiger partial charge in [0.25, 0.3) is 0 Å². The number of guanidine groups is 1. The summed E-state index contributed by atoms with van der Waals surface area (Å²) >= 11 is 0. The van der Waals surface area contributed by atoms with E-state index in [2.05, 4.69) is 37.6 Å². The lowest BCUT2D eigenvalue weighted by molar-refractivity contribution is 0.457. The van der Waals surface area contributed by atoms with E-state index in [-0.39, 0.29) is 11.2 Å². The van der Waals surface area contributed by atoms with Crippen molar-refractivity contribution in [1.82, 2.24) is 15.6 Å². The number of aryl methyl sites for hydroxylation is 1. The van der Waals surface area contributed by atoms with Gasteiger partial charge in [-0.15, -0.1) is 0 Å². The van der Waals surface area contributed by atoms with Gasteiger partial charge in [0.15, 0.2) is 5.96 Å². The van der Waals surface area contributed by atoms with Crippen molar-refractivity contribution in [2.45, 2.75) is 44.1 Å². The zero-order chi connectivity index (χ0) is 20.3. The molecule has 1 aromatic carbocycles. The molecule has 6 heteroatoms. The number of aromatic nitrogens is 1. The summed E-state index contributed by atoms with van der Waals surface area (Å²) in [6.45, 7) is 4.69. The highest BCUT2D eigenvalue weighted by atomic mass is 19.1. The SMILES string of the molecule is CN=C(NCC1(c2ccccc2F)CC1)NC1CCN(c2cccc(C)n2)CC1. The number of nitrogens with one attached hydrogen (secondary N) is 2. The molecule has 0 atom stereocenters. The number of nitrogens with zero attached hydrogens (tertiary/aromatic N) is 3. The summed E-state index contributed by atoms with van der Waals surface area (Å²) in [6, 6.07) is 13.7. The monoisotopic (exact) mass is 395 g/mol. The van der Waals surface area contributed by atoms with Crippen LogP contribution in [0.1, 0.15) is 36.9 Å². The van der Waals surface area contributed by atoms with Crippen LogP contribution in [0.25, 0.3) is 0 Å². The van der Waals surface area contributed by atoms with E-state index < -0.39 is 0 Å². The number of piperidine rings is 1. The van der Waals surface area contributed by atoms with Crippen LogP contribution < -0.4 is 15.5 Å². The average Bonchev–Trinajstić information content (AvgIpc) is 3.53. The predicted molar refractivity (Wildman–Crippen MR) is 116 cm³/mol. The fourth-order valence-corrected chi connectivity index (χ4v) is 4.18. The van der Waals surface area contributed by atoms with Gasteiger partial charge in [-0.3, -0.25) is 4.99 Å². The maximum atomic E-state index is 14.2. The van der Waals surface area contributed by atoms with E-state index in [9.17, 15) is 4.39 Å². The molecule has 1 aromatic heterocycles. The second-order valence-corrected chi connectivity index (χ2v) is 8.23. The average molecular weight is 396 g/mol. The Labute approximate surface area is 172 Å². The van der Waals surface area contributed by atoms with Gasteiger partial charge in [-0.1, -0.05) is 24.3 Å². The van der Waals surface area contributed by atoms with Gasteiger partial charge >= 0.3 is 0 Å². The minimum absolute atomic E-state index is 0.0941. The maximum absolute atomic E-state index is 14.2. The van der Waals surface area contributed by atoms with E-state index in [0.29, 0.717) is 12.6 Å². The fraction of sp³-hybridized carbons (Fsp3) is 0.478. The van der Waals surface area contributed by atoms with Crippen molar-refractivity contribution in [2.24, 2.45) is 4.99 Å². The third-order valence-electron chi connectivity index (χ3n) is 6.15. The first-order chi connectivity index (χ1) is 14.1. The van der Waals surface area contributed by atoms with Crippen molar-refractivity contribution in [3.8, 4) is 0 Å². The lowest BCUT2D eigenvalue weighted by Gasteiger charge is -2.34. The smallest absolute Gasteiger partial charge is 0.191 e. The molecular weight excluding hydrogens is 365 g/mol. The molecule has 0 bridgehead atoms. The normalized spacial score (nSPS) is 19.1. The zero-order valence-corrected chi connectivity index (χ0v) is 17.3. The van der Waals surface area contributed by atoms with Crippen LogP contribution in [0.2, 0.25) is 0 Å². The van der Waals surface area contributed by atoms with Crippen molar-refractivity contribution in [3.05, 3.63) is 59.5 Å². The Kier molecular flexibility index (Phi) is 5.69. The fourth-order valence-electron chi connectivity index (χ4n) is 4.18. The molecule has 1 aliphatic heterocycles. The largest absolute Gasteiger partial charge is 0.356 e. The molecule has 1 saturated carbocycles. The molecular formula is C23H30FN5. The number of halogens is 1. The Balaban J connectivity index is 1.29. The summed E-state index contributed by atoms with van der Waals surface area (Å²) < 4.78 is 14.2. The highest BCUT2D eigenvalue weighted by Gasteiger charge is 2.45. The Morgan fingerprint density at radius 1 is 1.17 bits per heavy atom. The number of pyridine rings is 1. The summed E-state index contributed by atoms with van der Waals surface area (Å²) in [5.74, 6) is 1.76. The second kappa shape index (κ2) is 8.39. The van der Waals surface area contributed by atoms with Crippen LogP contribution in [0.4, 0.5) is 10.2 Å². The summed E-state index contributed by atoms with van der Waals surface area (Å²) in [4.78, 5) is 11.4. The molecule has 2 aromatic rings. The molecule has 0 amide bonds. The van der Waals surface area contributed by atoms with Crippen LogP contribution in [0, 0.1) is 12.7 Å². The molecule has 2 aliphatic rings. The van der Waals surface area contributed by atoms with Gasteiger partial charge in [0.2, 0.25) is 0 Å². The van der Waals surface area contributed by atoms with Gasteiger partial charge in [0.1, 0.15) is 11.6 Å². The molecule has 1 saturated heterocycles. The first-order valence-electron chi connectivity index (χ1n) is 10.5. The van der Waals surface area contributed by atoms with Gasteiger partial charge in [-0.2, -0.15) is 0 Å². The number of benzene rings is 1. The van der Waals surface area contributed by atoms with Crippen molar-refractivity contribution in [2.75, 3.05) is 31.6 Å². The van der Waals surface area contributed by atoms with Gasteiger partial charge in [0.05, 0.1) is 0 Å². The molecule has 5 nitrogen and oxygen atoms in total. The van der Waals surface area contributed by atoms with Crippen molar-refractivity contribution < 1.29 is 4.39 Å². The Morgan fingerprint density at radius 3 is 2.59 bits per heavy atom. The van der Waals surface area contributed by atoms with Crippen LogP contribution in [-0.4, -0.2) is 43.7 Å². The zero-order valence-electron chi connectivity index (χ0n) is 17.3. The van der Waals surface area contributed by atoms with Crippen LogP contribution in [0.15, 0.2) is 47.5 Å². The number of anilines is 1. The quantitative estimate of drug-likeness (QED) is 0.602. The third kappa shape index (κ3) is 4.52. The molecule has 2 heterocycles. The van der Waals surface area contributed by atoms with Gasteiger partial charge in [-0.05, 0) is 56.4 Å². The van der Waals surface area contributed by atoms with Crippen LogP contribution in [0.3, 0.4) is 0 Å². The van der Waals surface area contributed by atoms with Gasteiger partial charge in [0, 0.05) is 43.8 Å². The van der Waals surface area contributed by atoms with Crippen molar-refractivity contribution in [1.29, 1.82) is 0 Å². The maximum Gasteiger partial charge on any atom is 0.191 e. The molecule has 0 radical (unpaired) electrons. The molecule has 29 heavy (non-hydrogen) atoms. The lowest BCUT2D eigenvalue weighted by Crippen LogP contribution is -2.50. The Bertz CT molecular complexity index is 869. The third-order valence-corrected chi connectivity index (χ3v) is 6.15. The highest BCUT2D eigenvalue weighted by Crippen LogP contribution is 2.48. The molecule has 154 valence electrons. The van der Waals surface area contributed by atoms with Gasteiger partial charge in [-0.25, -0.2) is 9.37 Å².